The van der Waals surface area contributed by atoms with Crippen molar-refractivity contribution in [1.82, 2.24) is 14.5 Å². The van der Waals surface area contributed by atoms with Crippen LogP contribution in [-0.2, 0) is 10.0 Å². The molecular weight excluding hydrogens is 286 g/mol. The Labute approximate surface area is 117 Å². The number of sulfonamides is 1. The van der Waals surface area contributed by atoms with Gasteiger partial charge >= 0.3 is 0 Å². The van der Waals surface area contributed by atoms with E-state index in [0.29, 0.717) is 10.7 Å². The average molecular weight is 300 g/mol. The number of halogens is 1. The average Bonchev–Trinajstić information content (AvgIpc) is 2.76. The van der Waals surface area contributed by atoms with E-state index in [9.17, 15) is 8.42 Å². The summed E-state index contributed by atoms with van der Waals surface area (Å²) >= 11 is 5.91. The molecule has 0 saturated carbocycles. The number of rotatable bonds is 4. The lowest BCUT2D eigenvalue weighted by Gasteiger charge is -2.11. The van der Waals surface area contributed by atoms with E-state index in [0.717, 1.165) is 0 Å². The summed E-state index contributed by atoms with van der Waals surface area (Å²) in [5, 5.41) is 4.65. The molecule has 1 aromatic heterocycles. The van der Waals surface area contributed by atoms with Crippen molar-refractivity contribution in [3.8, 4) is 5.69 Å². The molecule has 0 fully saturated rings. The predicted molar refractivity (Wildman–Crippen MR) is 74.0 cm³/mol. The lowest BCUT2D eigenvalue weighted by Crippen LogP contribution is -2.31. The Morgan fingerprint density at radius 3 is 2.68 bits per heavy atom. The molecule has 0 unspecified atom stereocenters. The topological polar surface area (TPSA) is 64.0 Å². The van der Waals surface area contributed by atoms with Gasteiger partial charge in [-0.3, -0.25) is 0 Å². The minimum atomic E-state index is -3.60. The molecule has 0 aliphatic rings. The van der Waals surface area contributed by atoms with Gasteiger partial charge < -0.3 is 0 Å². The van der Waals surface area contributed by atoms with Gasteiger partial charge in [0.15, 0.2) is 5.03 Å². The molecule has 7 heteroatoms. The summed E-state index contributed by atoms with van der Waals surface area (Å²) in [5.41, 5.74) is 0.599. The van der Waals surface area contributed by atoms with E-state index in [-0.39, 0.29) is 11.1 Å². The molecule has 1 heterocycles. The van der Waals surface area contributed by atoms with Gasteiger partial charge in [0.2, 0.25) is 0 Å². The number of hydrogen-bond acceptors (Lipinski definition) is 3. The van der Waals surface area contributed by atoms with Crippen LogP contribution in [0.1, 0.15) is 13.8 Å². The predicted octanol–water partition coefficient (Wildman–Crippen LogP) is 2.21. The van der Waals surface area contributed by atoms with Gasteiger partial charge in [-0.1, -0.05) is 17.7 Å². The molecule has 0 radical (unpaired) electrons. The summed E-state index contributed by atoms with van der Waals surface area (Å²) in [6.07, 6.45) is 1.44. The zero-order valence-corrected chi connectivity index (χ0v) is 12.1. The highest BCUT2D eigenvalue weighted by Gasteiger charge is 2.21. The quantitative estimate of drug-likeness (QED) is 0.941. The molecule has 19 heavy (non-hydrogen) atoms. The van der Waals surface area contributed by atoms with Gasteiger partial charge in [0.1, 0.15) is 0 Å². The van der Waals surface area contributed by atoms with Crippen LogP contribution in [0.3, 0.4) is 0 Å². The van der Waals surface area contributed by atoms with Gasteiger partial charge in [-0.2, -0.15) is 5.10 Å². The Morgan fingerprint density at radius 1 is 1.32 bits per heavy atom. The fraction of sp³-hybridized carbons (Fsp3) is 0.250. The Hall–Kier alpha value is -1.37. The molecule has 1 aromatic carbocycles. The minimum absolute atomic E-state index is 0.0865. The first-order valence-electron chi connectivity index (χ1n) is 5.72. The Balaban J connectivity index is 2.49. The molecule has 5 nitrogen and oxygen atoms in total. The Kier molecular flexibility index (Phi) is 3.93. The van der Waals surface area contributed by atoms with Crippen molar-refractivity contribution in [1.29, 1.82) is 0 Å². The van der Waals surface area contributed by atoms with Crippen molar-refractivity contribution in [2.24, 2.45) is 0 Å². The molecule has 2 aromatic rings. The first kappa shape index (κ1) is 14.0. The second kappa shape index (κ2) is 5.32. The van der Waals surface area contributed by atoms with Gasteiger partial charge in [-0.05, 0) is 38.1 Å². The summed E-state index contributed by atoms with van der Waals surface area (Å²) in [6.45, 7) is 3.52. The summed E-state index contributed by atoms with van der Waals surface area (Å²) in [6, 6.07) is 8.12. The van der Waals surface area contributed by atoms with Crippen molar-refractivity contribution in [2.45, 2.75) is 24.9 Å². The molecule has 1 N–H and O–H groups in total. The second-order valence-corrected chi connectivity index (χ2v) is 6.43. The first-order chi connectivity index (χ1) is 8.90. The maximum absolute atomic E-state index is 12.2. The molecule has 2 rings (SSSR count). The van der Waals surface area contributed by atoms with Crippen LogP contribution in [0.2, 0.25) is 5.02 Å². The van der Waals surface area contributed by atoms with Crippen LogP contribution in [0.25, 0.3) is 5.69 Å². The number of nitrogens with zero attached hydrogens (tertiary/aromatic N) is 2. The van der Waals surface area contributed by atoms with Gasteiger partial charge in [0.25, 0.3) is 10.0 Å². The Bertz CT molecular complexity index is 680. The lowest BCUT2D eigenvalue weighted by molar-refractivity contribution is 0.560. The van der Waals surface area contributed by atoms with Crippen LogP contribution in [-0.4, -0.2) is 24.2 Å². The lowest BCUT2D eigenvalue weighted by atomic mass is 10.3. The third kappa shape index (κ3) is 3.15. The summed E-state index contributed by atoms with van der Waals surface area (Å²) in [7, 11) is -3.60. The highest BCUT2D eigenvalue weighted by molar-refractivity contribution is 7.89. The van der Waals surface area contributed by atoms with Gasteiger partial charge in [-0.15, -0.1) is 0 Å². The molecule has 0 saturated heterocycles. The molecule has 0 atom stereocenters. The third-order valence-corrected chi connectivity index (χ3v) is 4.20. The van der Waals surface area contributed by atoms with Crippen molar-refractivity contribution in [3.63, 3.8) is 0 Å². The third-order valence-electron chi connectivity index (χ3n) is 2.33. The zero-order valence-electron chi connectivity index (χ0n) is 10.5. The number of hydrogen-bond donors (Lipinski definition) is 1. The van der Waals surface area contributed by atoms with E-state index in [1.165, 1.54) is 16.9 Å². The second-order valence-electron chi connectivity index (χ2n) is 4.34. The zero-order chi connectivity index (χ0) is 14.0. The van der Waals surface area contributed by atoms with Crippen LogP contribution in [0.4, 0.5) is 0 Å². The molecule has 102 valence electrons. The smallest absolute Gasteiger partial charge is 0.221 e. The summed E-state index contributed by atoms with van der Waals surface area (Å²) in [4.78, 5) is 0. The molecule has 0 aliphatic carbocycles. The summed E-state index contributed by atoms with van der Waals surface area (Å²) < 4.78 is 28.2. The monoisotopic (exact) mass is 299 g/mol. The van der Waals surface area contributed by atoms with Crippen LogP contribution in [0.15, 0.2) is 41.6 Å². The van der Waals surface area contributed by atoms with Crippen molar-refractivity contribution in [2.75, 3.05) is 0 Å². The highest BCUT2D eigenvalue weighted by atomic mass is 35.5. The number of benzene rings is 1. The van der Waals surface area contributed by atoms with Crippen molar-refractivity contribution in [3.05, 3.63) is 41.6 Å². The first-order valence-corrected chi connectivity index (χ1v) is 7.58. The minimum Gasteiger partial charge on any atom is -0.221 e. The molecular formula is C12H14ClN3O2S. The SMILES string of the molecule is CC(C)NS(=O)(=O)c1ccnn1-c1cccc(Cl)c1. The molecule has 0 aliphatic heterocycles. The van der Waals surface area contributed by atoms with Crippen molar-refractivity contribution < 1.29 is 8.42 Å². The van der Waals surface area contributed by atoms with E-state index in [1.807, 2.05) is 0 Å². The van der Waals surface area contributed by atoms with E-state index >= 15 is 0 Å². The van der Waals surface area contributed by atoms with E-state index in [2.05, 4.69) is 9.82 Å². The normalized spacial score (nSPS) is 12.0. The molecule has 0 spiro atoms. The largest absolute Gasteiger partial charge is 0.258 e. The molecule has 0 bridgehead atoms. The van der Waals surface area contributed by atoms with Crippen LogP contribution < -0.4 is 4.72 Å². The fourth-order valence-corrected chi connectivity index (χ4v) is 3.21. The van der Waals surface area contributed by atoms with E-state index in [1.54, 1.807) is 38.1 Å². The van der Waals surface area contributed by atoms with Gasteiger partial charge in [-0.25, -0.2) is 17.8 Å². The maximum Gasteiger partial charge on any atom is 0.258 e. The summed E-state index contributed by atoms with van der Waals surface area (Å²) in [5.74, 6) is 0. The van der Waals surface area contributed by atoms with Crippen LogP contribution >= 0.6 is 11.6 Å². The van der Waals surface area contributed by atoms with Crippen LogP contribution in [0.5, 0.6) is 0 Å². The van der Waals surface area contributed by atoms with Crippen molar-refractivity contribution >= 4 is 21.6 Å². The fourth-order valence-electron chi connectivity index (χ4n) is 1.67. The van der Waals surface area contributed by atoms with Gasteiger partial charge in [0.05, 0.1) is 11.9 Å². The standard InChI is InChI=1S/C12H14ClN3O2S/c1-9(2)15-19(17,18)12-6-7-14-16(12)11-5-3-4-10(13)8-11/h3-9,15H,1-2H3. The number of aromatic nitrogens is 2. The highest BCUT2D eigenvalue weighted by Crippen LogP contribution is 2.18. The van der Waals surface area contributed by atoms with E-state index in [4.69, 9.17) is 11.6 Å². The molecule has 0 amide bonds. The van der Waals surface area contributed by atoms with E-state index < -0.39 is 10.0 Å². The van der Waals surface area contributed by atoms with Gasteiger partial charge in [0, 0.05) is 11.1 Å². The Morgan fingerprint density at radius 2 is 2.05 bits per heavy atom. The number of nitrogens with one attached hydrogen (secondary N) is 1. The van der Waals surface area contributed by atoms with Crippen LogP contribution in [0, 0.1) is 0 Å². The maximum atomic E-state index is 12.2.